The summed E-state index contributed by atoms with van der Waals surface area (Å²) < 4.78 is 0. The number of para-hydroxylation sites is 3. The lowest BCUT2D eigenvalue weighted by Crippen LogP contribution is -2.54. The SMILES string of the molecule is CC(=O)C1=NN(c2ccccc2[N+](=O)[O-])[C@]2(S1)c1ccccc1C(c1ccc(C(C)C)cc1)=NN2c1ccccc1. The molecule has 4 aromatic carbocycles. The van der Waals surface area contributed by atoms with Crippen molar-refractivity contribution >= 4 is 45.4 Å². The summed E-state index contributed by atoms with van der Waals surface area (Å²) in [6.07, 6.45) is 0. The molecule has 8 nitrogen and oxygen atoms in total. The van der Waals surface area contributed by atoms with E-state index < -0.39 is 9.92 Å². The van der Waals surface area contributed by atoms with Crippen LogP contribution in [0.1, 0.15) is 48.9 Å². The average Bonchev–Trinajstić information content (AvgIpc) is 3.39. The molecule has 204 valence electrons. The third-order valence-corrected chi connectivity index (χ3v) is 8.61. The first kappa shape index (κ1) is 26.5. The molecule has 1 atom stereocenters. The number of Topliss-reactive ketones (excluding diaryl/α,β-unsaturated/α-hetero) is 1. The summed E-state index contributed by atoms with van der Waals surface area (Å²) in [6.45, 7) is 5.77. The lowest BCUT2D eigenvalue weighted by molar-refractivity contribution is -0.384. The molecular formula is C32H27N5O3S. The number of hydrazone groups is 2. The number of nitro benzene ring substituents is 1. The van der Waals surface area contributed by atoms with Gasteiger partial charge in [0.25, 0.3) is 5.69 Å². The number of thioether (sulfide) groups is 1. The van der Waals surface area contributed by atoms with Gasteiger partial charge in [-0.25, -0.2) is 10.0 Å². The number of ketones is 1. The number of carbonyl (C=O) groups excluding carboxylic acids is 1. The predicted octanol–water partition coefficient (Wildman–Crippen LogP) is 7.26. The lowest BCUT2D eigenvalue weighted by Gasteiger charge is -2.46. The number of rotatable bonds is 6. The van der Waals surface area contributed by atoms with Crippen LogP contribution < -0.4 is 10.0 Å². The summed E-state index contributed by atoms with van der Waals surface area (Å²) in [6, 6.07) is 32.3. The van der Waals surface area contributed by atoms with E-state index in [1.54, 1.807) is 23.2 Å². The van der Waals surface area contributed by atoms with Crippen molar-refractivity contribution in [2.75, 3.05) is 10.0 Å². The fourth-order valence-corrected chi connectivity index (χ4v) is 6.45. The molecular weight excluding hydrogens is 534 g/mol. The van der Waals surface area contributed by atoms with Gasteiger partial charge in [0.2, 0.25) is 4.99 Å². The van der Waals surface area contributed by atoms with Crippen LogP contribution in [-0.4, -0.2) is 21.5 Å². The molecule has 0 bridgehead atoms. The van der Waals surface area contributed by atoms with Crippen LogP contribution in [0.15, 0.2) is 113 Å². The summed E-state index contributed by atoms with van der Waals surface area (Å²) in [5, 5.41) is 25.8. The monoisotopic (exact) mass is 561 g/mol. The number of anilines is 2. The van der Waals surface area contributed by atoms with Crippen molar-refractivity contribution in [3.8, 4) is 0 Å². The molecule has 0 aromatic heterocycles. The van der Waals surface area contributed by atoms with Crippen LogP contribution in [0.3, 0.4) is 0 Å². The second-order valence-corrected chi connectivity index (χ2v) is 11.3. The van der Waals surface area contributed by atoms with E-state index in [1.165, 1.54) is 30.3 Å². The summed E-state index contributed by atoms with van der Waals surface area (Å²) >= 11 is 1.24. The number of fused-ring (bicyclic) bond motifs is 2. The third-order valence-electron chi connectivity index (χ3n) is 7.20. The first-order valence-corrected chi connectivity index (χ1v) is 14.1. The molecule has 2 heterocycles. The smallest absolute Gasteiger partial charge is 0.292 e. The predicted molar refractivity (Wildman–Crippen MR) is 164 cm³/mol. The van der Waals surface area contributed by atoms with Crippen molar-refractivity contribution in [3.05, 3.63) is 135 Å². The zero-order chi connectivity index (χ0) is 28.7. The molecule has 6 rings (SSSR count). The Morgan fingerprint density at radius 2 is 1.51 bits per heavy atom. The molecule has 9 heteroatoms. The van der Waals surface area contributed by atoms with Gasteiger partial charge in [-0.1, -0.05) is 92.7 Å². The van der Waals surface area contributed by atoms with E-state index in [0.717, 1.165) is 28.1 Å². The lowest BCUT2D eigenvalue weighted by atomic mass is 9.92. The molecule has 0 N–H and O–H groups in total. The molecule has 1 spiro atoms. The molecule has 0 fully saturated rings. The van der Waals surface area contributed by atoms with Gasteiger partial charge in [-0.15, -0.1) is 0 Å². The minimum atomic E-state index is -1.26. The van der Waals surface area contributed by atoms with Crippen LogP contribution in [0.25, 0.3) is 0 Å². The van der Waals surface area contributed by atoms with Crippen LogP contribution in [0.4, 0.5) is 17.1 Å². The maximum atomic E-state index is 12.8. The van der Waals surface area contributed by atoms with Crippen molar-refractivity contribution in [1.29, 1.82) is 0 Å². The van der Waals surface area contributed by atoms with Gasteiger partial charge in [0.05, 0.1) is 16.3 Å². The highest BCUT2D eigenvalue weighted by molar-refractivity contribution is 8.17. The summed E-state index contributed by atoms with van der Waals surface area (Å²) in [5.41, 5.74) is 5.47. The molecule has 0 aliphatic carbocycles. The van der Waals surface area contributed by atoms with E-state index in [9.17, 15) is 14.9 Å². The highest BCUT2D eigenvalue weighted by Crippen LogP contribution is 2.56. The number of hydrogen-bond donors (Lipinski definition) is 0. The first-order valence-electron chi connectivity index (χ1n) is 13.3. The van der Waals surface area contributed by atoms with E-state index in [4.69, 9.17) is 10.2 Å². The number of carbonyl (C=O) groups is 1. The topological polar surface area (TPSA) is 91.4 Å². The highest BCUT2D eigenvalue weighted by atomic mass is 32.2. The second kappa shape index (κ2) is 10.3. The van der Waals surface area contributed by atoms with Crippen molar-refractivity contribution in [2.45, 2.75) is 31.7 Å². The Morgan fingerprint density at radius 3 is 2.20 bits per heavy atom. The van der Waals surface area contributed by atoms with Crippen molar-refractivity contribution < 1.29 is 9.72 Å². The second-order valence-electron chi connectivity index (χ2n) is 10.1. The van der Waals surface area contributed by atoms with E-state index in [2.05, 4.69) is 38.1 Å². The Bertz CT molecular complexity index is 1720. The van der Waals surface area contributed by atoms with Gasteiger partial charge < -0.3 is 0 Å². The highest BCUT2D eigenvalue weighted by Gasteiger charge is 2.56. The molecule has 0 unspecified atom stereocenters. The van der Waals surface area contributed by atoms with Gasteiger partial charge in [0.15, 0.2) is 10.8 Å². The Morgan fingerprint density at radius 1 is 0.854 bits per heavy atom. The summed E-state index contributed by atoms with van der Waals surface area (Å²) in [7, 11) is 0. The zero-order valence-corrected chi connectivity index (χ0v) is 23.6. The quantitative estimate of drug-likeness (QED) is 0.182. The molecule has 0 saturated heterocycles. The number of benzene rings is 4. The fourth-order valence-electron chi connectivity index (χ4n) is 5.17. The minimum Gasteiger partial charge on any atom is -0.292 e. The number of nitro groups is 1. The van der Waals surface area contributed by atoms with E-state index in [0.29, 0.717) is 5.92 Å². The largest absolute Gasteiger partial charge is 0.294 e. The Hall–Kier alpha value is -4.76. The van der Waals surface area contributed by atoms with Gasteiger partial charge in [-0.2, -0.15) is 10.2 Å². The molecule has 0 radical (unpaired) electrons. The van der Waals surface area contributed by atoms with Crippen LogP contribution >= 0.6 is 11.8 Å². The van der Waals surface area contributed by atoms with Gasteiger partial charge in [-0.3, -0.25) is 14.9 Å². The third kappa shape index (κ3) is 4.38. The normalized spacial score (nSPS) is 17.9. The molecule has 4 aromatic rings. The molecule has 2 aliphatic heterocycles. The Labute approximate surface area is 242 Å². The van der Waals surface area contributed by atoms with Crippen LogP contribution in [0.2, 0.25) is 0 Å². The van der Waals surface area contributed by atoms with Crippen molar-refractivity contribution in [2.24, 2.45) is 10.2 Å². The van der Waals surface area contributed by atoms with Gasteiger partial charge in [-0.05, 0) is 41.4 Å². The Kier molecular flexibility index (Phi) is 6.67. The molecule has 0 saturated carbocycles. The van der Waals surface area contributed by atoms with Gasteiger partial charge in [0, 0.05) is 29.7 Å². The van der Waals surface area contributed by atoms with Crippen molar-refractivity contribution in [1.82, 2.24) is 0 Å². The molecule has 2 aliphatic rings. The average molecular weight is 562 g/mol. The van der Waals surface area contributed by atoms with Gasteiger partial charge in [0.1, 0.15) is 5.69 Å². The standard InChI is InChI=1S/C32H27N5O3S/c1-21(2)23-17-19-24(20-18-23)30-26-13-7-8-14-27(26)32(35(33-30)25-11-5-4-6-12-25)36(34-31(41-32)22(3)38)28-15-9-10-16-29(28)37(39)40/h4-21H,1-3H3/t32-/m0/s1. The number of nitrogens with zero attached hydrogens (tertiary/aromatic N) is 5. The maximum absolute atomic E-state index is 12.8. The fraction of sp³-hybridized carbons (Fsp3) is 0.156. The van der Waals surface area contributed by atoms with E-state index in [1.807, 2.05) is 59.6 Å². The first-order chi connectivity index (χ1) is 19.8. The number of hydrogen-bond acceptors (Lipinski definition) is 8. The van der Waals surface area contributed by atoms with Crippen molar-refractivity contribution in [3.63, 3.8) is 0 Å². The van der Waals surface area contributed by atoms with Gasteiger partial charge >= 0.3 is 0 Å². The van der Waals surface area contributed by atoms with Crippen LogP contribution in [0.5, 0.6) is 0 Å². The van der Waals surface area contributed by atoms with Crippen LogP contribution in [-0.2, 0) is 9.79 Å². The Balaban J connectivity index is 1.66. The van der Waals surface area contributed by atoms with E-state index >= 15 is 0 Å². The zero-order valence-electron chi connectivity index (χ0n) is 22.8. The summed E-state index contributed by atoms with van der Waals surface area (Å²) in [4.78, 5) is 23.3. The minimum absolute atomic E-state index is 0.120. The molecule has 0 amide bonds. The van der Waals surface area contributed by atoms with Crippen LogP contribution in [0, 0.1) is 10.1 Å². The maximum Gasteiger partial charge on any atom is 0.294 e. The molecule has 41 heavy (non-hydrogen) atoms. The van der Waals surface area contributed by atoms with E-state index in [-0.39, 0.29) is 22.2 Å². The summed E-state index contributed by atoms with van der Waals surface area (Å²) in [5.74, 6) is 0.154.